The monoisotopic (exact) mass is 303 g/mol. The van der Waals surface area contributed by atoms with Gasteiger partial charge in [-0.15, -0.1) is 0 Å². The van der Waals surface area contributed by atoms with E-state index >= 15 is 0 Å². The topological polar surface area (TPSA) is 30.9 Å². The largest absolute Gasteiger partial charge is 0.397 e. The number of ether oxygens (including phenoxy) is 1. The van der Waals surface area contributed by atoms with Gasteiger partial charge in [0.05, 0.1) is 13.2 Å². The second-order valence-corrected chi connectivity index (χ2v) is 7.58. The number of morpholine rings is 1. The van der Waals surface area contributed by atoms with Gasteiger partial charge in [-0.1, -0.05) is 26.7 Å². The lowest BCUT2D eigenvalue weighted by molar-refractivity contribution is 0.0377. The molecule has 1 saturated heterocycles. The summed E-state index contributed by atoms with van der Waals surface area (Å²) < 4.78 is 17.4. The molecule has 120 valence electrons. The Hall–Kier alpha value is 0.0569. The highest BCUT2D eigenvalue weighted by Crippen LogP contribution is 2.07. The van der Waals surface area contributed by atoms with Crippen LogP contribution in [0.5, 0.6) is 0 Å². The van der Waals surface area contributed by atoms with Crippen molar-refractivity contribution in [3.05, 3.63) is 0 Å². The Morgan fingerprint density at radius 3 is 2.10 bits per heavy atom. The molecule has 0 aliphatic carbocycles. The minimum absolute atomic E-state index is 0.886. The summed E-state index contributed by atoms with van der Waals surface area (Å²) in [5.74, 6) is 0. The van der Waals surface area contributed by atoms with E-state index < -0.39 is 9.28 Å². The first-order chi connectivity index (χ1) is 9.86. The summed E-state index contributed by atoms with van der Waals surface area (Å²) in [7, 11) is -1.43. The van der Waals surface area contributed by atoms with E-state index in [4.69, 9.17) is 13.6 Å². The molecule has 0 N–H and O–H groups in total. The summed E-state index contributed by atoms with van der Waals surface area (Å²) in [5, 5.41) is 0. The van der Waals surface area contributed by atoms with Crippen LogP contribution in [0.4, 0.5) is 0 Å². The molecule has 0 unspecified atom stereocenters. The molecular weight excluding hydrogens is 270 g/mol. The molecule has 0 spiro atoms. The Morgan fingerprint density at radius 1 is 0.950 bits per heavy atom. The highest BCUT2D eigenvalue weighted by Gasteiger charge is 2.15. The van der Waals surface area contributed by atoms with E-state index in [0.29, 0.717) is 0 Å². The molecule has 20 heavy (non-hydrogen) atoms. The number of nitrogens with zero attached hydrogens (tertiary/aromatic N) is 1. The van der Waals surface area contributed by atoms with Gasteiger partial charge >= 0.3 is 9.28 Å². The molecule has 1 aliphatic heterocycles. The van der Waals surface area contributed by atoms with Gasteiger partial charge < -0.3 is 13.6 Å². The van der Waals surface area contributed by atoms with Crippen molar-refractivity contribution in [1.29, 1.82) is 0 Å². The average Bonchev–Trinajstić information content (AvgIpc) is 2.48. The fraction of sp³-hybridized carbons (Fsp3) is 1.00. The molecule has 1 rings (SSSR count). The Bertz CT molecular complexity index is 203. The Morgan fingerprint density at radius 2 is 1.55 bits per heavy atom. The zero-order valence-electron chi connectivity index (χ0n) is 13.4. The van der Waals surface area contributed by atoms with Gasteiger partial charge in [-0.3, -0.25) is 4.90 Å². The van der Waals surface area contributed by atoms with Crippen LogP contribution < -0.4 is 0 Å². The van der Waals surface area contributed by atoms with E-state index in [9.17, 15) is 0 Å². The Labute approximate surface area is 126 Å². The lowest BCUT2D eigenvalue weighted by atomic mass is 10.3. The first kappa shape index (κ1) is 18.1. The zero-order chi connectivity index (χ0) is 14.5. The highest BCUT2D eigenvalue weighted by molar-refractivity contribution is 6.44. The molecule has 0 saturated carbocycles. The van der Waals surface area contributed by atoms with Crippen molar-refractivity contribution >= 4 is 9.28 Å². The van der Waals surface area contributed by atoms with Crippen LogP contribution >= 0.6 is 0 Å². The molecule has 1 aliphatic rings. The molecule has 5 heteroatoms. The SMILES string of the molecule is CCCCO[SiH](CCCN1CCOCC1)OCCCC. The number of hydrogen-bond donors (Lipinski definition) is 0. The van der Waals surface area contributed by atoms with Crippen molar-refractivity contribution in [2.45, 2.75) is 52.0 Å². The van der Waals surface area contributed by atoms with Crippen LogP contribution in [0.15, 0.2) is 0 Å². The quantitative estimate of drug-likeness (QED) is 0.409. The summed E-state index contributed by atoms with van der Waals surface area (Å²) in [6.45, 7) is 11.3. The number of hydrogen-bond acceptors (Lipinski definition) is 4. The van der Waals surface area contributed by atoms with Crippen LogP contribution in [0.2, 0.25) is 6.04 Å². The van der Waals surface area contributed by atoms with Crippen molar-refractivity contribution in [1.82, 2.24) is 4.90 Å². The first-order valence-electron chi connectivity index (χ1n) is 8.40. The van der Waals surface area contributed by atoms with Gasteiger partial charge in [0, 0.05) is 26.3 Å². The van der Waals surface area contributed by atoms with Crippen LogP contribution in [0.25, 0.3) is 0 Å². The molecule has 0 aromatic carbocycles. The second-order valence-electron chi connectivity index (χ2n) is 5.47. The number of unbranched alkanes of at least 4 members (excludes halogenated alkanes) is 2. The Kier molecular flexibility index (Phi) is 11.6. The average molecular weight is 304 g/mol. The molecule has 1 fully saturated rings. The maximum Gasteiger partial charge on any atom is 0.321 e. The summed E-state index contributed by atoms with van der Waals surface area (Å²) in [5.41, 5.74) is 0. The van der Waals surface area contributed by atoms with Crippen LogP contribution in [-0.2, 0) is 13.6 Å². The maximum absolute atomic E-state index is 5.99. The molecular formula is C15H33NO3Si. The lowest BCUT2D eigenvalue weighted by Crippen LogP contribution is -2.37. The van der Waals surface area contributed by atoms with Crippen molar-refractivity contribution in [2.75, 3.05) is 46.1 Å². The molecule has 1 heterocycles. The van der Waals surface area contributed by atoms with E-state index in [1.54, 1.807) is 0 Å². The van der Waals surface area contributed by atoms with Crippen molar-refractivity contribution < 1.29 is 13.6 Å². The van der Waals surface area contributed by atoms with E-state index in [-0.39, 0.29) is 0 Å². The molecule has 0 radical (unpaired) electrons. The van der Waals surface area contributed by atoms with E-state index in [1.165, 1.54) is 25.8 Å². The van der Waals surface area contributed by atoms with Crippen molar-refractivity contribution in [3.63, 3.8) is 0 Å². The molecule has 0 bridgehead atoms. The highest BCUT2D eigenvalue weighted by atomic mass is 28.3. The molecule has 4 nitrogen and oxygen atoms in total. The minimum Gasteiger partial charge on any atom is -0.397 e. The number of rotatable bonds is 12. The summed E-state index contributed by atoms with van der Waals surface area (Å²) in [6.07, 6.45) is 5.91. The third-order valence-electron chi connectivity index (χ3n) is 3.62. The summed E-state index contributed by atoms with van der Waals surface area (Å²) in [4.78, 5) is 2.49. The van der Waals surface area contributed by atoms with Gasteiger partial charge in [0.15, 0.2) is 0 Å². The van der Waals surface area contributed by atoms with Gasteiger partial charge in [-0.25, -0.2) is 0 Å². The van der Waals surface area contributed by atoms with Crippen LogP contribution in [0.1, 0.15) is 46.0 Å². The van der Waals surface area contributed by atoms with Gasteiger partial charge in [-0.2, -0.15) is 0 Å². The fourth-order valence-corrected chi connectivity index (χ4v) is 4.04. The summed E-state index contributed by atoms with van der Waals surface area (Å²) >= 11 is 0. The zero-order valence-corrected chi connectivity index (χ0v) is 14.6. The maximum atomic E-state index is 5.99. The standard InChI is InChI=1S/C15H33NO3Si/c1-3-5-11-18-20(19-12-6-4-2)15-7-8-16-9-13-17-14-10-16/h20H,3-15H2,1-2H3. The predicted molar refractivity (Wildman–Crippen MR) is 85.6 cm³/mol. The third kappa shape index (κ3) is 9.08. The lowest BCUT2D eigenvalue weighted by Gasteiger charge is -2.27. The fourth-order valence-electron chi connectivity index (χ4n) is 2.24. The normalized spacial score (nSPS) is 16.9. The smallest absolute Gasteiger partial charge is 0.321 e. The van der Waals surface area contributed by atoms with Crippen molar-refractivity contribution in [2.24, 2.45) is 0 Å². The van der Waals surface area contributed by atoms with Crippen molar-refractivity contribution in [3.8, 4) is 0 Å². The van der Waals surface area contributed by atoms with E-state index in [0.717, 1.165) is 58.4 Å². The van der Waals surface area contributed by atoms with E-state index in [1.807, 2.05) is 0 Å². The third-order valence-corrected chi connectivity index (χ3v) is 5.72. The molecule has 0 aromatic heterocycles. The van der Waals surface area contributed by atoms with Crippen LogP contribution in [0, 0.1) is 0 Å². The molecule has 0 atom stereocenters. The molecule has 0 amide bonds. The first-order valence-corrected chi connectivity index (χ1v) is 10.2. The van der Waals surface area contributed by atoms with Crippen LogP contribution in [0.3, 0.4) is 0 Å². The van der Waals surface area contributed by atoms with Gasteiger partial charge in [0.25, 0.3) is 0 Å². The predicted octanol–water partition coefficient (Wildman–Crippen LogP) is 2.56. The minimum atomic E-state index is -1.43. The van der Waals surface area contributed by atoms with Gasteiger partial charge in [0.1, 0.15) is 0 Å². The van der Waals surface area contributed by atoms with Gasteiger partial charge in [0.2, 0.25) is 0 Å². The van der Waals surface area contributed by atoms with Gasteiger partial charge in [-0.05, 0) is 31.9 Å². The second kappa shape index (κ2) is 12.8. The van der Waals surface area contributed by atoms with Crippen LogP contribution in [-0.4, -0.2) is 60.2 Å². The molecule has 0 aromatic rings. The summed E-state index contributed by atoms with van der Waals surface area (Å²) in [6, 6.07) is 1.14. The Balaban J connectivity index is 2.12. The van der Waals surface area contributed by atoms with E-state index in [2.05, 4.69) is 18.7 Å².